The van der Waals surface area contributed by atoms with Crippen molar-refractivity contribution in [3.05, 3.63) is 0 Å². The fraction of sp³-hybridized carbons (Fsp3) is 0.923. The Balaban J connectivity index is 0.00000144. The Labute approximate surface area is 111 Å². The van der Waals surface area contributed by atoms with Crippen molar-refractivity contribution >= 4 is 18.3 Å². The smallest absolute Gasteiger partial charge is 0.224 e. The number of hydrogen-bond donors (Lipinski definition) is 1. The van der Waals surface area contributed by atoms with E-state index in [4.69, 9.17) is 5.73 Å². The van der Waals surface area contributed by atoms with Crippen LogP contribution >= 0.6 is 12.4 Å². The molecule has 4 heteroatoms. The molecule has 1 amide bonds. The van der Waals surface area contributed by atoms with Gasteiger partial charge in [0.05, 0.1) is 0 Å². The molecule has 0 bridgehead atoms. The van der Waals surface area contributed by atoms with Gasteiger partial charge in [-0.3, -0.25) is 4.79 Å². The lowest BCUT2D eigenvalue weighted by Gasteiger charge is -2.30. The van der Waals surface area contributed by atoms with Gasteiger partial charge in [0.1, 0.15) is 0 Å². The van der Waals surface area contributed by atoms with Crippen molar-refractivity contribution in [1.29, 1.82) is 0 Å². The normalized spacial score (nSPS) is 26.9. The first kappa shape index (κ1) is 14.8. The van der Waals surface area contributed by atoms with Crippen LogP contribution in [0.25, 0.3) is 0 Å². The number of nitrogens with two attached hydrogens (primary N) is 1. The Hall–Kier alpha value is -0.280. The Morgan fingerprint density at radius 3 is 2.53 bits per heavy atom. The molecule has 0 aromatic rings. The fourth-order valence-electron chi connectivity index (χ4n) is 3.33. The molecule has 1 aliphatic heterocycles. The maximum absolute atomic E-state index is 12.1. The molecule has 0 spiro atoms. The Bertz CT molecular complexity index is 252. The van der Waals surface area contributed by atoms with Crippen molar-refractivity contribution in [2.75, 3.05) is 6.54 Å². The summed E-state index contributed by atoms with van der Waals surface area (Å²) < 4.78 is 0. The first-order valence-corrected chi connectivity index (χ1v) is 6.73. The molecule has 0 aromatic heterocycles. The van der Waals surface area contributed by atoms with E-state index in [1.807, 2.05) is 6.92 Å². The summed E-state index contributed by atoms with van der Waals surface area (Å²) in [6.45, 7) is 2.88. The minimum atomic E-state index is -0.00247. The molecule has 2 unspecified atom stereocenters. The van der Waals surface area contributed by atoms with E-state index in [1.165, 1.54) is 38.5 Å². The van der Waals surface area contributed by atoms with Crippen molar-refractivity contribution in [1.82, 2.24) is 4.90 Å². The van der Waals surface area contributed by atoms with Crippen LogP contribution in [-0.2, 0) is 4.79 Å². The van der Waals surface area contributed by atoms with Crippen LogP contribution in [0.15, 0.2) is 0 Å². The standard InChI is InChI=1S/C13H24N2O.ClH/c1-10(14)9-13(16)15-8-4-7-12(15)11-5-2-3-6-11;/h10-12H,2-9,14H2,1H3;1H. The van der Waals surface area contributed by atoms with E-state index in [2.05, 4.69) is 4.90 Å². The number of rotatable bonds is 3. The van der Waals surface area contributed by atoms with Gasteiger partial charge in [-0.1, -0.05) is 12.8 Å². The summed E-state index contributed by atoms with van der Waals surface area (Å²) in [5.41, 5.74) is 5.71. The summed E-state index contributed by atoms with van der Waals surface area (Å²) in [5.74, 6) is 1.06. The Morgan fingerprint density at radius 1 is 1.29 bits per heavy atom. The number of carbonyl (C=O) groups is 1. The largest absolute Gasteiger partial charge is 0.339 e. The quantitative estimate of drug-likeness (QED) is 0.847. The van der Waals surface area contributed by atoms with Crippen molar-refractivity contribution in [3.63, 3.8) is 0 Å². The SMILES string of the molecule is CC(N)CC(=O)N1CCCC1C1CCCC1.Cl. The molecule has 2 rings (SSSR count). The molecule has 100 valence electrons. The lowest BCUT2D eigenvalue weighted by molar-refractivity contribution is -0.133. The number of amides is 1. The number of likely N-dealkylation sites (tertiary alicyclic amines) is 1. The van der Waals surface area contributed by atoms with E-state index in [1.54, 1.807) is 0 Å². The van der Waals surface area contributed by atoms with Crippen LogP contribution < -0.4 is 5.73 Å². The summed E-state index contributed by atoms with van der Waals surface area (Å²) >= 11 is 0. The van der Waals surface area contributed by atoms with Crippen LogP contribution in [0.4, 0.5) is 0 Å². The number of nitrogens with zero attached hydrogens (tertiary/aromatic N) is 1. The zero-order chi connectivity index (χ0) is 11.5. The molecule has 1 saturated carbocycles. The highest BCUT2D eigenvalue weighted by atomic mass is 35.5. The zero-order valence-corrected chi connectivity index (χ0v) is 11.5. The van der Waals surface area contributed by atoms with Gasteiger partial charge in [0.15, 0.2) is 0 Å². The summed E-state index contributed by atoms with van der Waals surface area (Å²) in [6, 6.07) is 0.533. The summed E-state index contributed by atoms with van der Waals surface area (Å²) in [5, 5.41) is 0. The van der Waals surface area contributed by atoms with Crippen LogP contribution in [0.5, 0.6) is 0 Å². The van der Waals surface area contributed by atoms with Gasteiger partial charge in [0.25, 0.3) is 0 Å². The summed E-state index contributed by atoms with van der Waals surface area (Å²) in [4.78, 5) is 14.2. The fourth-order valence-corrected chi connectivity index (χ4v) is 3.33. The second-order valence-corrected chi connectivity index (χ2v) is 5.52. The van der Waals surface area contributed by atoms with E-state index in [0.717, 1.165) is 12.5 Å². The maximum Gasteiger partial charge on any atom is 0.224 e. The lowest BCUT2D eigenvalue weighted by atomic mass is 9.96. The maximum atomic E-state index is 12.1. The van der Waals surface area contributed by atoms with Crippen molar-refractivity contribution in [2.24, 2.45) is 11.7 Å². The third-order valence-electron chi connectivity index (χ3n) is 4.06. The lowest BCUT2D eigenvalue weighted by Crippen LogP contribution is -2.41. The highest BCUT2D eigenvalue weighted by Gasteiger charge is 2.35. The van der Waals surface area contributed by atoms with Crippen molar-refractivity contribution in [3.8, 4) is 0 Å². The molecule has 17 heavy (non-hydrogen) atoms. The van der Waals surface area contributed by atoms with E-state index < -0.39 is 0 Å². The van der Waals surface area contributed by atoms with Gasteiger partial charge < -0.3 is 10.6 Å². The van der Waals surface area contributed by atoms with Crippen LogP contribution in [0, 0.1) is 5.92 Å². The molecule has 3 nitrogen and oxygen atoms in total. The highest BCUT2D eigenvalue weighted by molar-refractivity contribution is 5.85. The molecular weight excluding hydrogens is 236 g/mol. The third-order valence-corrected chi connectivity index (χ3v) is 4.06. The van der Waals surface area contributed by atoms with Gasteiger partial charge in [-0.25, -0.2) is 0 Å². The van der Waals surface area contributed by atoms with E-state index in [-0.39, 0.29) is 24.4 Å². The molecule has 2 N–H and O–H groups in total. The second-order valence-electron chi connectivity index (χ2n) is 5.52. The van der Waals surface area contributed by atoms with Gasteiger partial charge in [0, 0.05) is 25.0 Å². The van der Waals surface area contributed by atoms with Gasteiger partial charge >= 0.3 is 0 Å². The number of carbonyl (C=O) groups excluding carboxylic acids is 1. The van der Waals surface area contributed by atoms with Crippen LogP contribution in [-0.4, -0.2) is 29.4 Å². The first-order valence-electron chi connectivity index (χ1n) is 6.73. The molecule has 2 atom stereocenters. The van der Waals surface area contributed by atoms with Crippen molar-refractivity contribution < 1.29 is 4.79 Å². The minimum absolute atomic E-state index is 0. The van der Waals surface area contributed by atoms with Crippen molar-refractivity contribution in [2.45, 2.75) is 64.0 Å². The third kappa shape index (κ3) is 3.59. The molecule has 1 saturated heterocycles. The molecule has 1 heterocycles. The zero-order valence-electron chi connectivity index (χ0n) is 10.7. The highest BCUT2D eigenvalue weighted by Crippen LogP contribution is 2.35. The van der Waals surface area contributed by atoms with Crippen LogP contribution in [0.3, 0.4) is 0 Å². The molecule has 1 aliphatic carbocycles. The first-order chi connectivity index (χ1) is 7.68. The average molecular weight is 261 g/mol. The van der Waals surface area contributed by atoms with E-state index in [9.17, 15) is 4.79 Å². The van der Waals surface area contributed by atoms with Gasteiger partial charge in [0.2, 0.25) is 5.91 Å². The molecule has 2 aliphatic rings. The predicted molar refractivity (Wildman–Crippen MR) is 72.2 cm³/mol. The predicted octanol–water partition coefficient (Wildman–Crippen LogP) is 2.33. The molecule has 0 aromatic carbocycles. The van der Waals surface area contributed by atoms with Gasteiger partial charge in [-0.15, -0.1) is 12.4 Å². The van der Waals surface area contributed by atoms with Gasteiger partial charge in [-0.2, -0.15) is 0 Å². The number of halogens is 1. The number of hydrogen-bond acceptors (Lipinski definition) is 2. The summed E-state index contributed by atoms with van der Waals surface area (Å²) in [6.07, 6.45) is 8.29. The van der Waals surface area contributed by atoms with E-state index >= 15 is 0 Å². The minimum Gasteiger partial charge on any atom is -0.339 e. The summed E-state index contributed by atoms with van der Waals surface area (Å²) in [7, 11) is 0. The molecule has 2 fully saturated rings. The van der Waals surface area contributed by atoms with Gasteiger partial charge in [-0.05, 0) is 38.5 Å². The Morgan fingerprint density at radius 2 is 1.94 bits per heavy atom. The molecular formula is C13H25ClN2O. The Kier molecular flexibility index (Phi) is 5.74. The van der Waals surface area contributed by atoms with Crippen LogP contribution in [0.1, 0.15) is 51.9 Å². The second kappa shape index (κ2) is 6.60. The topological polar surface area (TPSA) is 46.3 Å². The van der Waals surface area contributed by atoms with E-state index in [0.29, 0.717) is 12.5 Å². The monoisotopic (exact) mass is 260 g/mol. The molecule has 0 radical (unpaired) electrons. The average Bonchev–Trinajstić information content (AvgIpc) is 2.87. The van der Waals surface area contributed by atoms with Crippen LogP contribution in [0.2, 0.25) is 0 Å².